The van der Waals surface area contributed by atoms with Crippen LogP contribution in [0.3, 0.4) is 0 Å². The van der Waals surface area contributed by atoms with E-state index in [2.05, 4.69) is 0 Å². The molecule has 0 atom stereocenters. The third-order valence-corrected chi connectivity index (χ3v) is 6.08. The number of nitrogens with zero attached hydrogens (tertiary/aromatic N) is 2. The second-order valence-electron chi connectivity index (χ2n) is 8.11. The average Bonchev–Trinajstić information content (AvgIpc) is 3.77. The Morgan fingerprint density at radius 3 is 1.26 bits per heavy atom. The summed E-state index contributed by atoms with van der Waals surface area (Å²) in [4.78, 5) is 0. The molecule has 2 aromatic heterocycles. The lowest BCUT2D eigenvalue weighted by Crippen LogP contribution is -1.95. The lowest BCUT2D eigenvalue weighted by atomic mass is 10.0. The lowest BCUT2D eigenvalue weighted by molar-refractivity contribution is 1.17. The minimum absolute atomic E-state index is 0.368. The van der Waals surface area contributed by atoms with Gasteiger partial charge in [-0.2, -0.15) is 0 Å². The molecule has 178 valence electrons. The molecule has 2 heterocycles. The number of hydrogen-bond acceptors (Lipinski definition) is 0. The molecule has 38 heavy (non-hydrogen) atoms. The summed E-state index contributed by atoms with van der Waals surface area (Å²) in [6.45, 7) is 0. The van der Waals surface area contributed by atoms with Crippen molar-refractivity contribution in [3.63, 3.8) is 0 Å². The van der Waals surface area contributed by atoms with Crippen molar-refractivity contribution in [2.45, 2.75) is 0 Å². The maximum absolute atomic E-state index is 9.56. The van der Waals surface area contributed by atoms with Crippen LogP contribution in [0.2, 0.25) is 0 Å². The lowest BCUT2D eigenvalue weighted by Gasteiger charge is -2.12. The van der Waals surface area contributed by atoms with Gasteiger partial charge in [0.1, 0.15) is 0 Å². The fourth-order valence-corrected chi connectivity index (χ4v) is 4.51. The molecule has 0 aliphatic carbocycles. The fraction of sp³-hybridized carbons (Fsp3) is 0. The normalized spacial score (nSPS) is 20.2. The van der Waals surface area contributed by atoms with E-state index in [0.29, 0.717) is 0 Å². The van der Waals surface area contributed by atoms with Crippen molar-refractivity contribution in [2.75, 3.05) is 0 Å². The molecule has 6 aromatic carbocycles. The molecule has 8 rings (SSSR count). The first-order chi connectivity index (χ1) is 28.4. The molecule has 0 aliphatic heterocycles. The largest absolute Gasteiger partial charge is 0.309 e. The van der Waals surface area contributed by atoms with Crippen LogP contribution in [0, 0.1) is 0 Å². The number of fused-ring (bicyclic) bond motifs is 6. The van der Waals surface area contributed by atoms with Gasteiger partial charge in [0.25, 0.3) is 0 Å². The number of aromatic nitrogens is 2. The minimum atomic E-state index is -0.944. The molecule has 0 unspecified atom stereocenters. The van der Waals surface area contributed by atoms with Crippen molar-refractivity contribution >= 4 is 43.6 Å². The third kappa shape index (κ3) is 3.07. The van der Waals surface area contributed by atoms with Gasteiger partial charge >= 0.3 is 0 Å². The second-order valence-corrected chi connectivity index (χ2v) is 8.11. The van der Waals surface area contributed by atoms with Crippen LogP contribution in [0.15, 0.2) is 145 Å². The predicted octanol–water partition coefficient (Wildman–Crippen LogP) is 9.55. The summed E-state index contributed by atoms with van der Waals surface area (Å²) >= 11 is 0. The van der Waals surface area contributed by atoms with Gasteiger partial charge in [-0.1, -0.05) is 96.7 Å². The second kappa shape index (κ2) is 8.22. The number of rotatable bonds is 3. The van der Waals surface area contributed by atoms with Crippen LogP contribution in [-0.4, -0.2) is 9.13 Å². The van der Waals surface area contributed by atoms with E-state index in [1.54, 1.807) is 0 Å². The summed E-state index contributed by atoms with van der Waals surface area (Å²) < 4.78 is 203. The Hall–Kier alpha value is -5.08. The van der Waals surface area contributed by atoms with Gasteiger partial charge in [-0.3, -0.25) is 0 Å². The molecule has 0 bridgehead atoms. The Morgan fingerprint density at radius 1 is 0.368 bits per heavy atom. The summed E-state index contributed by atoms with van der Waals surface area (Å²) in [6, 6.07) is -17.4. The zero-order valence-corrected chi connectivity index (χ0v) is 19.0. The number of benzene rings is 6. The van der Waals surface area contributed by atoms with E-state index in [9.17, 15) is 1.37 Å². The summed E-state index contributed by atoms with van der Waals surface area (Å²) in [5.41, 5.74) is -4.42. The Kier molecular flexibility index (Phi) is 1.83. The molecule has 2 heteroatoms. The predicted molar refractivity (Wildman–Crippen MR) is 161 cm³/mol. The van der Waals surface area contributed by atoms with Gasteiger partial charge in [0, 0.05) is 32.9 Å². The molecule has 0 saturated heterocycles. The molecule has 0 spiro atoms. The SMILES string of the molecule is [2H]c1c(-c2c([2H])c([2H])c([2H])c(-n3c4c([2H])c([2H])c([2H])c([2H])c4c4c([2H])c([2H])c([2H])c([2H])c43)c2[2H])cc(-n2c3c([2H])c([2H])c([2H])c([2H])c3c3c([2H])c([2H])c([2H])c([2H])c32)c([2H])c1[2H]. The van der Waals surface area contributed by atoms with Crippen LogP contribution < -0.4 is 0 Å². The molecule has 0 amide bonds. The molecule has 0 saturated carbocycles. The molecule has 8 aromatic rings. The highest BCUT2D eigenvalue weighted by Gasteiger charge is 2.14. The highest BCUT2D eigenvalue weighted by molar-refractivity contribution is 6.10. The molecule has 2 nitrogen and oxygen atoms in total. The molecular weight excluding hydrogens is 460 g/mol. The first kappa shape index (κ1) is 8.47. The monoisotopic (exact) mass is 507 g/mol. The van der Waals surface area contributed by atoms with Gasteiger partial charge in [-0.15, -0.1) is 0 Å². The smallest absolute Gasteiger partial charge is 0.0651 e. The molecular formula is C36H24N2. The van der Waals surface area contributed by atoms with Crippen molar-refractivity contribution in [1.29, 1.82) is 0 Å². The van der Waals surface area contributed by atoms with Crippen LogP contribution in [-0.2, 0) is 0 Å². The number of hydrogen-bond donors (Lipinski definition) is 0. The van der Waals surface area contributed by atoms with E-state index in [4.69, 9.17) is 30.2 Å². The maximum atomic E-state index is 9.56. The third-order valence-electron chi connectivity index (χ3n) is 6.08. The van der Waals surface area contributed by atoms with E-state index in [1.165, 1.54) is 0 Å². The Balaban J connectivity index is 1.59. The van der Waals surface area contributed by atoms with Gasteiger partial charge in [-0.05, 0) is 59.5 Å². The molecule has 0 N–H and O–H groups in total. The van der Waals surface area contributed by atoms with Gasteiger partial charge in [0.15, 0.2) is 0 Å². The van der Waals surface area contributed by atoms with Gasteiger partial charge in [-0.25, -0.2) is 0 Å². The number of para-hydroxylation sites is 4. The van der Waals surface area contributed by atoms with Crippen LogP contribution in [0.4, 0.5) is 0 Å². The van der Waals surface area contributed by atoms with Gasteiger partial charge in [0.05, 0.1) is 53.6 Å². The van der Waals surface area contributed by atoms with E-state index in [-0.39, 0.29) is 10.8 Å². The summed E-state index contributed by atoms with van der Waals surface area (Å²) in [5.74, 6) is 0. The van der Waals surface area contributed by atoms with E-state index >= 15 is 0 Å². The highest BCUT2D eigenvalue weighted by Crippen LogP contribution is 2.35. The zero-order valence-electron chi connectivity index (χ0n) is 42.0. The summed E-state index contributed by atoms with van der Waals surface area (Å²) in [5, 5.41) is -1.56. The molecule has 0 fully saturated rings. The van der Waals surface area contributed by atoms with Crippen molar-refractivity contribution < 1.29 is 31.5 Å². The Labute approximate surface area is 252 Å². The first-order valence-electron chi connectivity index (χ1n) is 22.7. The average molecular weight is 508 g/mol. The zero-order chi connectivity index (χ0) is 45.1. The van der Waals surface area contributed by atoms with Crippen LogP contribution in [0.25, 0.3) is 66.1 Å². The van der Waals surface area contributed by atoms with Crippen molar-refractivity contribution in [3.8, 4) is 22.5 Å². The van der Waals surface area contributed by atoms with Crippen molar-refractivity contribution in [3.05, 3.63) is 145 Å². The van der Waals surface area contributed by atoms with E-state index < -0.39 is 194 Å². The van der Waals surface area contributed by atoms with Gasteiger partial charge in [0.2, 0.25) is 0 Å². The molecule has 0 radical (unpaired) electrons. The summed E-state index contributed by atoms with van der Waals surface area (Å²) in [6.07, 6.45) is 0. The summed E-state index contributed by atoms with van der Waals surface area (Å²) in [7, 11) is 0. The van der Waals surface area contributed by atoms with Gasteiger partial charge < -0.3 is 9.13 Å². The van der Waals surface area contributed by atoms with E-state index in [0.717, 1.165) is 15.2 Å². The molecule has 0 aliphatic rings. The Bertz CT molecular complexity index is 3250. The maximum Gasteiger partial charge on any atom is 0.0651 e. The highest BCUT2D eigenvalue weighted by atomic mass is 15.0. The van der Waals surface area contributed by atoms with Crippen molar-refractivity contribution in [1.82, 2.24) is 9.13 Å². The van der Waals surface area contributed by atoms with Crippen LogP contribution >= 0.6 is 0 Å². The quantitative estimate of drug-likeness (QED) is 0.225. The van der Waals surface area contributed by atoms with E-state index in [1.807, 2.05) is 0 Å². The topological polar surface area (TPSA) is 9.86 Å². The first-order valence-corrected chi connectivity index (χ1v) is 11.2. The minimum Gasteiger partial charge on any atom is -0.309 e. The Morgan fingerprint density at radius 2 is 0.763 bits per heavy atom. The van der Waals surface area contributed by atoms with Crippen LogP contribution in [0.1, 0.15) is 31.5 Å². The van der Waals surface area contributed by atoms with Crippen molar-refractivity contribution in [2.24, 2.45) is 0 Å². The van der Waals surface area contributed by atoms with Crippen LogP contribution in [0.5, 0.6) is 0 Å². The standard InChI is InChI=1S/C36H24N2/c1-5-19-33-29(15-1)30-16-2-6-20-34(30)37(33)27-13-9-11-25(23-27)26-12-10-14-28(24-26)38-35-21-7-3-17-31(35)32-18-4-8-22-36(32)38/h1-24H/i1D,2D,3D,4D,5D,6D,7D,8D,9D,10D,11D,12D,13D,14D,15D,16D,17D,18D,19D,20D,21D,22D,23D. The fourth-order valence-electron chi connectivity index (χ4n) is 4.51.